The first-order valence-corrected chi connectivity index (χ1v) is 6.91. The van der Waals surface area contributed by atoms with Gasteiger partial charge in [-0.1, -0.05) is 29.8 Å². The van der Waals surface area contributed by atoms with Gasteiger partial charge in [0, 0.05) is 22.5 Å². The molecule has 0 spiro atoms. The number of nitrogens with one attached hydrogen (secondary N) is 1. The van der Waals surface area contributed by atoms with E-state index in [2.05, 4.69) is 5.32 Å². The summed E-state index contributed by atoms with van der Waals surface area (Å²) in [5.41, 5.74) is 1.56. The molecule has 0 radical (unpaired) electrons. The number of carbonyl (C=O) groups is 1. The number of para-hydroxylation sites is 1. The third kappa shape index (κ3) is 2.98. The maximum atomic E-state index is 12.2. The summed E-state index contributed by atoms with van der Waals surface area (Å²) in [6.45, 7) is 0. The second-order valence-corrected chi connectivity index (χ2v) is 5.00. The number of hydrogen-bond acceptors (Lipinski definition) is 1. The Kier molecular flexibility index (Phi) is 3.75. The van der Waals surface area contributed by atoms with E-state index in [0.29, 0.717) is 10.6 Å². The summed E-state index contributed by atoms with van der Waals surface area (Å²) in [7, 11) is 0. The Labute approximate surface area is 127 Å². The number of rotatable bonds is 3. The molecule has 3 nitrogen and oxygen atoms in total. The molecule has 0 unspecified atom stereocenters. The zero-order chi connectivity index (χ0) is 14.7. The van der Waals surface area contributed by atoms with Crippen molar-refractivity contribution < 1.29 is 4.79 Å². The second kappa shape index (κ2) is 5.85. The number of anilines is 1. The van der Waals surface area contributed by atoms with Gasteiger partial charge in [0.25, 0.3) is 5.91 Å². The minimum atomic E-state index is -0.164. The molecule has 1 aromatic heterocycles. The van der Waals surface area contributed by atoms with Crippen molar-refractivity contribution in [3.8, 4) is 5.69 Å². The predicted octanol–water partition coefficient (Wildman–Crippen LogP) is 4.38. The molecule has 4 heteroatoms. The third-order valence-corrected chi connectivity index (χ3v) is 3.38. The summed E-state index contributed by atoms with van der Waals surface area (Å²) in [6.07, 6.45) is 1.91. The first-order valence-electron chi connectivity index (χ1n) is 6.54. The van der Waals surface area contributed by atoms with Crippen molar-refractivity contribution in [2.45, 2.75) is 0 Å². The number of benzene rings is 2. The molecular weight excluding hydrogens is 284 g/mol. The molecule has 21 heavy (non-hydrogen) atoms. The van der Waals surface area contributed by atoms with Crippen LogP contribution in [0.1, 0.15) is 10.4 Å². The van der Waals surface area contributed by atoms with Gasteiger partial charge in [-0.2, -0.15) is 0 Å². The highest BCUT2D eigenvalue weighted by molar-refractivity contribution is 6.30. The third-order valence-electron chi connectivity index (χ3n) is 3.13. The van der Waals surface area contributed by atoms with Gasteiger partial charge in [0.1, 0.15) is 5.82 Å². The predicted molar refractivity (Wildman–Crippen MR) is 85.2 cm³/mol. The molecule has 0 aliphatic rings. The van der Waals surface area contributed by atoms with Crippen LogP contribution in [0.25, 0.3) is 5.69 Å². The lowest BCUT2D eigenvalue weighted by molar-refractivity contribution is 0.102. The van der Waals surface area contributed by atoms with Crippen molar-refractivity contribution in [3.63, 3.8) is 0 Å². The summed E-state index contributed by atoms with van der Waals surface area (Å²) in [5.74, 6) is 0.559. The lowest BCUT2D eigenvalue weighted by Gasteiger charge is -2.10. The molecule has 104 valence electrons. The first-order chi connectivity index (χ1) is 10.2. The molecule has 0 saturated heterocycles. The fourth-order valence-corrected chi connectivity index (χ4v) is 2.21. The minimum absolute atomic E-state index is 0.164. The van der Waals surface area contributed by atoms with Crippen LogP contribution in [0.5, 0.6) is 0 Å². The maximum Gasteiger partial charge on any atom is 0.256 e. The molecule has 3 aromatic rings. The second-order valence-electron chi connectivity index (χ2n) is 4.56. The average Bonchev–Trinajstić information content (AvgIpc) is 2.97. The Hall–Kier alpha value is -2.52. The number of nitrogens with zero attached hydrogens (tertiary/aromatic N) is 1. The molecule has 0 aliphatic carbocycles. The van der Waals surface area contributed by atoms with Crippen LogP contribution in [0.2, 0.25) is 5.02 Å². The van der Waals surface area contributed by atoms with Crippen LogP contribution in [-0.4, -0.2) is 10.5 Å². The summed E-state index contributed by atoms with van der Waals surface area (Å²) in [4.78, 5) is 12.2. The molecule has 0 atom stereocenters. The van der Waals surface area contributed by atoms with E-state index in [1.165, 1.54) is 0 Å². The summed E-state index contributed by atoms with van der Waals surface area (Å²) in [5, 5.41) is 3.52. The molecule has 0 bridgehead atoms. The normalized spacial score (nSPS) is 10.3. The number of aromatic nitrogens is 1. The molecule has 2 aromatic carbocycles. The van der Waals surface area contributed by atoms with Crippen LogP contribution in [0.3, 0.4) is 0 Å². The Morgan fingerprint density at radius 3 is 2.33 bits per heavy atom. The molecule has 1 heterocycles. The van der Waals surface area contributed by atoms with Crippen LogP contribution in [0, 0.1) is 0 Å². The van der Waals surface area contributed by atoms with Gasteiger partial charge in [0.2, 0.25) is 0 Å². The van der Waals surface area contributed by atoms with E-state index in [9.17, 15) is 4.79 Å². The van der Waals surface area contributed by atoms with E-state index in [1.807, 2.05) is 53.2 Å². The number of amides is 1. The van der Waals surface area contributed by atoms with Gasteiger partial charge >= 0.3 is 0 Å². The molecular formula is C17H13ClN2O. The SMILES string of the molecule is O=C(Nc1cccn1-c1ccccc1)c1ccc(Cl)cc1. The van der Waals surface area contributed by atoms with Crippen LogP contribution < -0.4 is 5.32 Å². The van der Waals surface area contributed by atoms with Crippen molar-refractivity contribution in [1.82, 2.24) is 4.57 Å². The van der Waals surface area contributed by atoms with Crippen LogP contribution in [0.15, 0.2) is 72.9 Å². The quantitative estimate of drug-likeness (QED) is 0.764. The molecule has 0 fully saturated rings. The van der Waals surface area contributed by atoms with Crippen molar-refractivity contribution >= 4 is 23.3 Å². The summed E-state index contributed by atoms with van der Waals surface area (Å²) >= 11 is 5.83. The molecule has 0 saturated carbocycles. The Morgan fingerprint density at radius 1 is 0.905 bits per heavy atom. The standard InChI is InChI=1S/C17H13ClN2O/c18-14-10-8-13(9-11-14)17(21)19-16-7-4-12-20(16)15-5-2-1-3-6-15/h1-12H,(H,19,21). The number of halogens is 1. The Balaban J connectivity index is 1.85. The van der Waals surface area contributed by atoms with E-state index < -0.39 is 0 Å². The van der Waals surface area contributed by atoms with E-state index in [4.69, 9.17) is 11.6 Å². The van der Waals surface area contributed by atoms with Gasteiger partial charge in [-0.3, -0.25) is 4.79 Å². The first kappa shape index (κ1) is 13.5. The van der Waals surface area contributed by atoms with Crippen molar-refractivity contribution in [2.24, 2.45) is 0 Å². The monoisotopic (exact) mass is 296 g/mol. The smallest absolute Gasteiger partial charge is 0.256 e. The number of carbonyl (C=O) groups excluding carboxylic acids is 1. The molecule has 1 amide bonds. The van der Waals surface area contributed by atoms with E-state index >= 15 is 0 Å². The molecule has 1 N–H and O–H groups in total. The fourth-order valence-electron chi connectivity index (χ4n) is 2.09. The van der Waals surface area contributed by atoms with Crippen LogP contribution in [0.4, 0.5) is 5.82 Å². The van der Waals surface area contributed by atoms with Crippen molar-refractivity contribution in [2.75, 3.05) is 5.32 Å². The highest BCUT2D eigenvalue weighted by atomic mass is 35.5. The van der Waals surface area contributed by atoms with Crippen LogP contribution in [-0.2, 0) is 0 Å². The largest absolute Gasteiger partial charge is 0.308 e. The zero-order valence-corrected chi connectivity index (χ0v) is 11.9. The van der Waals surface area contributed by atoms with E-state index in [0.717, 1.165) is 11.5 Å². The fraction of sp³-hybridized carbons (Fsp3) is 0. The lowest BCUT2D eigenvalue weighted by Crippen LogP contribution is -2.14. The van der Waals surface area contributed by atoms with Gasteiger partial charge in [-0.15, -0.1) is 0 Å². The van der Waals surface area contributed by atoms with E-state index in [-0.39, 0.29) is 5.91 Å². The topological polar surface area (TPSA) is 34.0 Å². The van der Waals surface area contributed by atoms with Gasteiger partial charge in [0.05, 0.1) is 0 Å². The van der Waals surface area contributed by atoms with Crippen molar-refractivity contribution in [1.29, 1.82) is 0 Å². The van der Waals surface area contributed by atoms with Crippen molar-refractivity contribution in [3.05, 3.63) is 83.5 Å². The van der Waals surface area contributed by atoms with Gasteiger partial charge in [-0.25, -0.2) is 0 Å². The highest BCUT2D eigenvalue weighted by Crippen LogP contribution is 2.18. The highest BCUT2D eigenvalue weighted by Gasteiger charge is 2.09. The zero-order valence-electron chi connectivity index (χ0n) is 11.2. The van der Waals surface area contributed by atoms with E-state index in [1.54, 1.807) is 24.3 Å². The minimum Gasteiger partial charge on any atom is -0.308 e. The molecule has 0 aliphatic heterocycles. The Morgan fingerprint density at radius 2 is 1.62 bits per heavy atom. The molecule has 3 rings (SSSR count). The van der Waals surface area contributed by atoms with Gasteiger partial charge in [0.15, 0.2) is 0 Å². The number of hydrogen-bond donors (Lipinski definition) is 1. The van der Waals surface area contributed by atoms with Crippen LogP contribution >= 0.6 is 11.6 Å². The lowest BCUT2D eigenvalue weighted by atomic mass is 10.2. The summed E-state index contributed by atoms with van der Waals surface area (Å²) < 4.78 is 1.92. The Bertz CT molecular complexity index is 748. The maximum absolute atomic E-state index is 12.2. The van der Waals surface area contributed by atoms with Gasteiger partial charge < -0.3 is 9.88 Å². The summed E-state index contributed by atoms with van der Waals surface area (Å²) in [6, 6.07) is 20.4. The average molecular weight is 297 g/mol. The van der Waals surface area contributed by atoms with Gasteiger partial charge in [-0.05, 0) is 48.5 Å².